The van der Waals surface area contributed by atoms with Crippen molar-refractivity contribution in [2.45, 2.75) is 25.9 Å². The summed E-state index contributed by atoms with van der Waals surface area (Å²) in [5.41, 5.74) is 4.38. The lowest BCUT2D eigenvalue weighted by Gasteiger charge is -2.12. The fraction of sp³-hybridized carbons (Fsp3) is 0.222. The number of fused-ring (bicyclic) bond motifs is 3. The van der Waals surface area contributed by atoms with Gasteiger partial charge in [-0.25, -0.2) is 4.98 Å². The third kappa shape index (κ3) is 2.42. The minimum absolute atomic E-state index is 0.0995. The molecule has 4 rings (SSSR count). The summed E-state index contributed by atoms with van der Waals surface area (Å²) in [6, 6.07) is 7.95. The van der Waals surface area contributed by atoms with Crippen LogP contribution < -0.4 is 5.56 Å². The lowest BCUT2D eigenvalue weighted by atomic mass is 10.1. The van der Waals surface area contributed by atoms with Crippen molar-refractivity contribution in [3.63, 3.8) is 0 Å². The molecule has 0 aliphatic heterocycles. The van der Waals surface area contributed by atoms with Crippen LogP contribution in [0.2, 0.25) is 0 Å². The molecule has 3 aromatic heterocycles. The molecule has 0 fully saturated rings. The van der Waals surface area contributed by atoms with Gasteiger partial charge in [0.2, 0.25) is 5.16 Å². The van der Waals surface area contributed by atoms with Gasteiger partial charge in [-0.2, -0.15) is 9.50 Å². The van der Waals surface area contributed by atoms with Gasteiger partial charge in [0.15, 0.2) is 0 Å². The molecule has 7 heteroatoms. The van der Waals surface area contributed by atoms with Crippen molar-refractivity contribution in [2.24, 2.45) is 0 Å². The zero-order chi connectivity index (χ0) is 17.7. The lowest BCUT2D eigenvalue weighted by molar-refractivity contribution is 0.900. The van der Waals surface area contributed by atoms with Crippen LogP contribution >= 0.6 is 11.8 Å². The fourth-order valence-corrected chi connectivity index (χ4v) is 3.46. The average molecular weight is 351 g/mol. The van der Waals surface area contributed by atoms with E-state index in [1.54, 1.807) is 15.3 Å². The summed E-state index contributed by atoms with van der Waals surface area (Å²) in [5.74, 6) is 0.512. The Balaban J connectivity index is 2.07. The average Bonchev–Trinajstić information content (AvgIpc) is 2.99. The van der Waals surface area contributed by atoms with E-state index in [2.05, 4.69) is 21.1 Å². The number of aryl methyl sites for hydroxylation is 3. The van der Waals surface area contributed by atoms with Gasteiger partial charge in [0.25, 0.3) is 11.3 Å². The van der Waals surface area contributed by atoms with Crippen LogP contribution in [0.1, 0.15) is 16.8 Å². The molecule has 0 aliphatic rings. The number of thioether (sulfide) groups is 1. The minimum atomic E-state index is -0.0995. The van der Waals surface area contributed by atoms with E-state index in [4.69, 9.17) is 0 Å². The maximum absolute atomic E-state index is 13.2. The molecule has 0 saturated heterocycles. The van der Waals surface area contributed by atoms with Gasteiger partial charge >= 0.3 is 0 Å². The third-order valence-corrected chi connectivity index (χ3v) is 4.83. The molecule has 6 nitrogen and oxygen atoms in total. The monoisotopic (exact) mass is 351 g/mol. The number of aromatic nitrogens is 5. The molecular weight excluding hydrogens is 334 g/mol. The molecule has 4 aromatic rings. The molecule has 0 atom stereocenters. The minimum Gasteiger partial charge on any atom is -0.283 e. The first-order valence-corrected chi connectivity index (χ1v) is 9.12. The second-order valence-electron chi connectivity index (χ2n) is 6.05. The zero-order valence-corrected chi connectivity index (χ0v) is 15.3. The van der Waals surface area contributed by atoms with Gasteiger partial charge < -0.3 is 0 Å². The molecule has 0 N–H and O–H groups in total. The molecule has 126 valence electrons. The van der Waals surface area contributed by atoms with Crippen molar-refractivity contribution in [1.29, 1.82) is 0 Å². The molecule has 0 aliphatic carbocycles. The summed E-state index contributed by atoms with van der Waals surface area (Å²) in [7, 11) is 0. The Morgan fingerprint density at radius 2 is 1.88 bits per heavy atom. The largest absolute Gasteiger partial charge is 0.283 e. The Morgan fingerprint density at radius 1 is 1.08 bits per heavy atom. The van der Waals surface area contributed by atoms with E-state index in [0.717, 1.165) is 16.8 Å². The normalized spacial score (nSPS) is 11.5. The second kappa shape index (κ2) is 5.70. The molecule has 0 spiro atoms. The molecule has 0 bridgehead atoms. The van der Waals surface area contributed by atoms with Crippen LogP contribution in [0, 0.1) is 20.8 Å². The summed E-state index contributed by atoms with van der Waals surface area (Å²) < 4.78 is 3.31. The lowest BCUT2D eigenvalue weighted by Crippen LogP contribution is -2.20. The van der Waals surface area contributed by atoms with Gasteiger partial charge in [0.1, 0.15) is 0 Å². The number of hydrogen-bond acceptors (Lipinski definition) is 5. The molecule has 0 amide bonds. The first kappa shape index (κ1) is 15.8. The van der Waals surface area contributed by atoms with Gasteiger partial charge in [0.05, 0.1) is 22.3 Å². The molecule has 1 aromatic carbocycles. The first-order valence-electron chi connectivity index (χ1n) is 7.90. The van der Waals surface area contributed by atoms with Crippen molar-refractivity contribution in [2.75, 3.05) is 6.26 Å². The molecule has 0 saturated carbocycles. The molecule has 0 radical (unpaired) electrons. The summed E-state index contributed by atoms with van der Waals surface area (Å²) >= 11 is 1.45. The van der Waals surface area contributed by atoms with Crippen LogP contribution in [-0.2, 0) is 0 Å². The highest BCUT2D eigenvalue weighted by Crippen LogP contribution is 2.20. The molecule has 25 heavy (non-hydrogen) atoms. The van der Waals surface area contributed by atoms with Crippen molar-refractivity contribution in [3.8, 4) is 5.69 Å². The highest BCUT2D eigenvalue weighted by atomic mass is 32.2. The molecule has 0 unspecified atom stereocenters. The topological polar surface area (TPSA) is 65.1 Å². The SMILES string of the molecule is CSc1nc2nc(C)c3c(=O)n(-c4ccc(C)cc4C)ccc3n2n1. The fourth-order valence-electron chi connectivity index (χ4n) is 3.12. The van der Waals surface area contributed by atoms with Crippen molar-refractivity contribution >= 4 is 28.4 Å². The number of benzene rings is 1. The van der Waals surface area contributed by atoms with Crippen molar-refractivity contribution in [3.05, 3.63) is 57.6 Å². The summed E-state index contributed by atoms with van der Waals surface area (Å²) in [5, 5.41) is 5.63. The van der Waals surface area contributed by atoms with Crippen LogP contribution in [0.3, 0.4) is 0 Å². The quantitative estimate of drug-likeness (QED) is 0.519. The van der Waals surface area contributed by atoms with Crippen molar-refractivity contribution < 1.29 is 0 Å². The predicted molar refractivity (Wildman–Crippen MR) is 99.9 cm³/mol. The van der Waals surface area contributed by atoms with Gasteiger partial charge in [-0.3, -0.25) is 9.36 Å². The van der Waals surface area contributed by atoms with E-state index in [1.807, 2.05) is 45.2 Å². The Bertz CT molecular complexity index is 1190. The summed E-state index contributed by atoms with van der Waals surface area (Å²) in [6.07, 6.45) is 3.71. The maximum atomic E-state index is 13.2. The van der Waals surface area contributed by atoms with Crippen LogP contribution in [0.4, 0.5) is 0 Å². The van der Waals surface area contributed by atoms with E-state index in [-0.39, 0.29) is 5.56 Å². The van der Waals surface area contributed by atoms with Gasteiger partial charge in [-0.05, 0) is 44.7 Å². The predicted octanol–water partition coefficient (Wildman–Crippen LogP) is 3.08. The van der Waals surface area contributed by atoms with Gasteiger partial charge in [-0.1, -0.05) is 29.5 Å². The van der Waals surface area contributed by atoms with E-state index in [9.17, 15) is 4.79 Å². The van der Waals surface area contributed by atoms with Crippen molar-refractivity contribution in [1.82, 2.24) is 24.1 Å². The number of nitrogens with zero attached hydrogens (tertiary/aromatic N) is 5. The Hall–Kier alpha value is -2.67. The third-order valence-electron chi connectivity index (χ3n) is 4.29. The standard InChI is InChI=1S/C18H17N5OS/c1-10-5-6-13(11(2)9-10)22-8-7-14-15(16(22)24)12(3)19-17-20-18(25-4)21-23(14)17/h5-9H,1-4H3. The summed E-state index contributed by atoms with van der Waals surface area (Å²) in [6.45, 7) is 5.89. The van der Waals surface area contributed by atoms with Crippen LogP contribution in [0.15, 0.2) is 40.4 Å². The van der Waals surface area contributed by atoms with Gasteiger partial charge in [-0.15, -0.1) is 5.10 Å². The summed E-state index contributed by atoms with van der Waals surface area (Å²) in [4.78, 5) is 22.0. The van der Waals surface area contributed by atoms with E-state index < -0.39 is 0 Å². The zero-order valence-electron chi connectivity index (χ0n) is 14.4. The Labute approximate surface area is 148 Å². The van der Waals surface area contributed by atoms with Crippen LogP contribution in [0.5, 0.6) is 0 Å². The number of pyridine rings is 1. The Kier molecular flexibility index (Phi) is 3.61. The van der Waals surface area contributed by atoms with Gasteiger partial charge in [0, 0.05) is 6.20 Å². The van der Waals surface area contributed by atoms with E-state index >= 15 is 0 Å². The highest BCUT2D eigenvalue weighted by Gasteiger charge is 2.15. The maximum Gasteiger partial charge on any atom is 0.266 e. The van der Waals surface area contributed by atoms with Crippen LogP contribution in [-0.4, -0.2) is 30.4 Å². The molecular formula is C18H17N5OS. The Morgan fingerprint density at radius 3 is 2.60 bits per heavy atom. The van der Waals surface area contributed by atoms with E-state index in [0.29, 0.717) is 22.0 Å². The second-order valence-corrected chi connectivity index (χ2v) is 6.82. The number of rotatable bonds is 2. The molecule has 3 heterocycles. The number of hydrogen-bond donors (Lipinski definition) is 0. The van der Waals surface area contributed by atoms with E-state index in [1.165, 1.54) is 17.3 Å². The first-order chi connectivity index (χ1) is 12.0. The van der Waals surface area contributed by atoms with Crippen LogP contribution in [0.25, 0.3) is 22.4 Å². The smallest absolute Gasteiger partial charge is 0.266 e. The highest BCUT2D eigenvalue weighted by molar-refractivity contribution is 7.98.